The van der Waals surface area contributed by atoms with Gasteiger partial charge < -0.3 is 4.74 Å². The van der Waals surface area contributed by atoms with Gasteiger partial charge in [-0.3, -0.25) is 9.38 Å². The van der Waals surface area contributed by atoms with Crippen molar-refractivity contribution in [1.29, 1.82) is 0 Å². The molecule has 20 heavy (non-hydrogen) atoms. The number of hydrogen-bond acceptors (Lipinski definition) is 5. The molecular formula is C13H9ClN4O2. The Labute approximate surface area is 119 Å². The minimum absolute atomic E-state index is 0.409. The van der Waals surface area contributed by atoms with Gasteiger partial charge in [-0.05, 0) is 18.2 Å². The molecular weight excluding hydrogens is 280 g/mol. The van der Waals surface area contributed by atoms with Crippen molar-refractivity contribution in [2.24, 2.45) is 0 Å². The molecule has 0 aliphatic carbocycles. The van der Waals surface area contributed by atoms with E-state index in [4.69, 9.17) is 16.3 Å². The van der Waals surface area contributed by atoms with Crippen LogP contribution in [0.15, 0.2) is 36.8 Å². The number of esters is 1. The number of ether oxygens (including phenoxy) is 1. The van der Waals surface area contributed by atoms with E-state index in [0.29, 0.717) is 27.6 Å². The summed E-state index contributed by atoms with van der Waals surface area (Å²) >= 11 is 6.11. The van der Waals surface area contributed by atoms with E-state index in [-0.39, 0.29) is 0 Å². The van der Waals surface area contributed by atoms with Crippen LogP contribution in [0.4, 0.5) is 0 Å². The van der Waals surface area contributed by atoms with Gasteiger partial charge in [0, 0.05) is 24.2 Å². The van der Waals surface area contributed by atoms with Crippen molar-refractivity contribution in [2.45, 2.75) is 0 Å². The number of carbonyl (C=O) groups is 1. The first-order valence-corrected chi connectivity index (χ1v) is 6.11. The van der Waals surface area contributed by atoms with Gasteiger partial charge in [0.05, 0.1) is 17.7 Å². The van der Waals surface area contributed by atoms with Gasteiger partial charge in [0.25, 0.3) is 0 Å². The standard InChI is InChI=1S/C13H9ClN4O2/c1-20-13(19)8-2-3-11-16-17-12(18(11)7-8)9-4-5-15-6-10(9)14/h2-7H,1H3. The summed E-state index contributed by atoms with van der Waals surface area (Å²) in [7, 11) is 1.33. The summed E-state index contributed by atoms with van der Waals surface area (Å²) in [6, 6.07) is 5.06. The molecule has 0 aliphatic rings. The normalized spacial score (nSPS) is 10.7. The molecule has 0 aromatic carbocycles. The van der Waals surface area contributed by atoms with Gasteiger partial charge in [0.2, 0.25) is 0 Å². The number of methoxy groups -OCH3 is 1. The molecule has 0 unspecified atom stereocenters. The van der Waals surface area contributed by atoms with Crippen molar-refractivity contribution >= 4 is 23.2 Å². The summed E-state index contributed by atoms with van der Waals surface area (Å²) in [6.07, 6.45) is 4.77. The Bertz CT molecular complexity index is 800. The van der Waals surface area contributed by atoms with Crippen LogP contribution >= 0.6 is 11.6 Å². The maximum absolute atomic E-state index is 11.6. The molecule has 100 valence electrons. The Balaban J connectivity index is 2.22. The highest BCUT2D eigenvalue weighted by Gasteiger charge is 2.13. The third kappa shape index (κ3) is 2.00. The van der Waals surface area contributed by atoms with E-state index in [1.807, 2.05) is 0 Å². The topological polar surface area (TPSA) is 69.4 Å². The quantitative estimate of drug-likeness (QED) is 0.676. The van der Waals surface area contributed by atoms with Gasteiger partial charge in [0.15, 0.2) is 11.5 Å². The zero-order valence-corrected chi connectivity index (χ0v) is 11.2. The lowest BCUT2D eigenvalue weighted by molar-refractivity contribution is 0.0600. The molecule has 7 heteroatoms. The number of hydrogen-bond donors (Lipinski definition) is 0. The first-order valence-electron chi connectivity index (χ1n) is 5.73. The number of nitrogens with zero attached hydrogens (tertiary/aromatic N) is 4. The van der Waals surface area contributed by atoms with Crippen LogP contribution in [0, 0.1) is 0 Å². The largest absolute Gasteiger partial charge is 0.465 e. The van der Waals surface area contributed by atoms with Crippen LogP contribution in [-0.4, -0.2) is 32.7 Å². The van der Waals surface area contributed by atoms with Crippen molar-refractivity contribution in [2.75, 3.05) is 7.11 Å². The molecule has 0 saturated heterocycles. The molecule has 0 bridgehead atoms. The second kappa shape index (κ2) is 4.90. The van der Waals surface area contributed by atoms with Crippen molar-refractivity contribution in [3.05, 3.63) is 47.4 Å². The minimum atomic E-state index is -0.424. The molecule has 0 saturated carbocycles. The highest BCUT2D eigenvalue weighted by Crippen LogP contribution is 2.25. The van der Waals surface area contributed by atoms with E-state index < -0.39 is 5.97 Å². The lowest BCUT2D eigenvalue weighted by atomic mass is 10.2. The zero-order valence-electron chi connectivity index (χ0n) is 10.4. The summed E-state index contributed by atoms with van der Waals surface area (Å²) in [4.78, 5) is 15.5. The Morgan fingerprint density at radius 3 is 2.90 bits per heavy atom. The van der Waals surface area contributed by atoms with Crippen LogP contribution in [0.3, 0.4) is 0 Å². The molecule has 0 fully saturated rings. The van der Waals surface area contributed by atoms with Crippen LogP contribution in [0.5, 0.6) is 0 Å². The molecule has 0 aliphatic heterocycles. The second-order valence-corrected chi connectivity index (χ2v) is 4.42. The number of carbonyl (C=O) groups excluding carboxylic acids is 1. The Kier molecular flexibility index (Phi) is 3.08. The van der Waals surface area contributed by atoms with Gasteiger partial charge >= 0.3 is 5.97 Å². The summed E-state index contributed by atoms with van der Waals surface area (Å²) in [5, 5.41) is 8.61. The van der Waals surface area contributed by atoms with Crippen molar-refractivity contribution in [3.63, 3.8) is 0 Å². The van der Waals surface area contributed by atoms with E-state index in [2.05, 4.69) is 15.2 Å². The fraction of sp³-hybridized carbons (Fsp3) is 0.0769. The second-order valence-electron chi connectivity index (χ2n) is 4.02. The Morgan fingerprint density at radius 2 is 2.15 bits per heavy atom. The van der Waals surface area contributed by atoms with Crippen molar-refractivity contribution < 1.29 is 9.53 Å². The number of aromatic nitrogens is 4. The molecule has 0 amide bonds. The van der Waals surface area contributed by atoms with Crippen LogP contribution in [0.2, 0.25) is 5.02 Å². The van der Waals surface area contributed by atoms with Gasteiger partial charge in [-0.25, -0.2) is 4.79 Å². The average molecular weight is 289 g/mol. The van der Waals surface area contributed by atoms with Crippen molar-refractivity contribution in [3.8, 4) is 11.4 Å². The maximum atomic E-state index is 11.6. The van der Waals surface area contributed by atoms with Gasteiger partial charge in [-0.2, -0.15) is 0 Å². The van der Waals surface area contributed by atoms with Gasteiger partial charge in [-0.1, -0.05) is 11.6 Å². The summed E-state index contributed by atoms with van der Waals surface area (Å²) in [6.45, 7) is 0. The van der Waals surface area contributed by atoms with Crippen LogP contribution in [-0.2, 0) is 4.74 Å². The van der Waals surface area contributed by atoms with Crippen LogP contribution in [0.1, 0.15) is 10.4 Å². The molecule has 3 aromatic heterocycles. The fourth-order valence-corrected chi connectivity index (χ4v) is 2.07. The molecule has 3 rings (SSSR count). The molecule has 0 atom stereocenters. The first-order chi connectivity index (χ1) is 9.70. The molecule has 3 heterocycles. The number of fused-ring (bicyclic) bond motifs is 1. The van der Waals surface area contributed by atoms with E-state index in [1.165, 1.54) is 13.3 Å². The third-order valence-corrected chi connectivity index (χ3v) is 3.14. The monoisotopic (exact) mass is 288 g/mol. The first kappa shape index (κ1) is 12.6. The number of pyridine rings is 2. The number of rotatable bonds is 2. The highest BCUT2D eigenvalue weighted by atomic mass is 35.5. The molecule has 0 spiro atoms. The van der Waals surface area contributed by atoms with Gasteiger partial charge in [-0.15, -0.1) is 10.2 Å². The molecule has 6 nitrogen and oxygen atoms in total. The Hall–Kier alpha value is -2.47. The maximum Gasteiger partial charge on any atom is 0.339 e. The van der Waals surface area contributed by atoms with Crippen LogP contribution in [0.25, 0.3) is 17.0 Å². The van der Waals surface area contributed by atoms with E-state index in [0.717, 1.165) is 0 Å². The summed E-state index contributed by atoms with van der Waals surface area (Å²) < 4.78 is 6.39. The molecule has 3 aromatic rings. The molecule has 0 N–H and O–H groups in total. The van der Waals surface area contributed by atoms with E-state index in [1.54, 1.807) is 35.0 Å². The highest BCUT2D eigenvalue weighted by molar-refractivity contribution is 6.33. The van der Waals surface area contributed by atoms with Gasteiger partial charge in [0.1, 0.15) is 0 Å². The van der Waals surface area contributed by atoms with Crippen LogP contribution < -0.4 is 0 Å². The number of halogens is 1. The Morgan fingerprint density at radius 1 is 1.30 bits per heavy atom. The molecule has 0 radical (unpaired) electrons. The lowest BCUT2D eigenvalue weighted by Crippen LogP contribution is -2.03. The average Bonchev–Trinajstić information content (AvgIpc) is 2.90. The predicted molar refractivity (Wildman–Crippen MR) is 72.6 cm³/mol. The summed E-state index contributed by atoms with van der Waals surface area (Å²) in [5.74, 6) is 0.116. The SMILES string of the molecule is COC(=O)c1ccc2nnc(-c3ccncc3Cl)n2c1. The van der Waals surface area contributed by atoms with Crippen molar-refractivity contribution in [1.82, 2.24) is 19.6 Å². The zero-order chi connectivity index (χ0) is 14.1. The summed E-state index contributed by atoms with van der Waals surface area (Å²) in [5.41, 5.74) is 1.71. The fourth-order valence-electron chi connectivity index (χ4n) is 1.87. The van der Waals surface area contributed by atoms with E-state index >= 15 is 0 Å². The smallest absolute Gasteiger partial charge is 0.339 e. The lowest BCUT2D eigenvalue weighted by Gasteiger charge is -2.04. The predicted octanol–water partition coefficient (Wildman–Crippen LogP) is 2.23. The minimum Gasteiger partial charge on any atom is -0.465 e. The third-order valence-electron chi connectivity index (χ3n) is 2.84. The van der Waals surface area contributed by atoms with E-state index in [9.17, 15) is 4.79 Å².